The zero-order chi connectivity index (χ0) is 9.42. The topological polar surface area (TPSA) is 0 Å². The summed E-state index contributed by atoms with van der Waals surface area (Å²) in [6.07, 6.45) is 1.01. The average molecular weight is 170 g/mol. The van der Waals surface area contributed by atoms with Crippen LogP contribution in [0.25, 0.3) is 5.57 Å². The summed E-state index contributed by atoms with van der Waals surface area (Å²) in [5.41, 5.74) is 6.81. The second-order valence-electron chi connectivity index (χ2n) is 3.69. The van der Waals surface area contributed by atoms with Crippen LogP contribution in [-0.4, -0.2) is 0 Å². The highest BCUT2D eigenvalue weighted by molar-refractivity contribution is 5.75. The molecule has 0 amide bonds. The first-order valence-electron chi connectivity index (χ1n) is 4.64. The lowest BCUT2D eigenvalue weighted by atomic mass is 9.84. The van der Waals surface area contributed by atoms with Gasteiger partial charge >= 0.3 is 0 Å². The number of allylic oxidation sites excluding steroid dienone is 3. The van der Waals surface area contributed by atoms with Gasteiger partial charge in [0.15, 0.2) is 0 Å². The monoisotopic (exact) mass is 170 g/mol. The van der Waals surface area contributed by atoms with Crippen LogP contribution in [0.1, 0.15) is 25.0 Å². The Bertz CT molecular complexity index is 394. The van der Waals surface area contributed by atoms with E-state index >= 15 is 0 Å². The molecule has 1 aliphatic carbocycles. The molecule has 0 saturated carbocycles. The van der Waals surface area contributed by atoms with Crippen molar-refractivity contribution in [2.24, 2.45) is 0 Å². The SMILES string of the molecule is C=C1Cc2ccccc2C(C)=C1C. The zero-order valence-electron chi connectivity index (χ0n) is 8.22. The zero-order valence-corrected chi connectivity index (χ0v) is 8.22. The predicted molar refractivity (Wildman–Crippen MR) is 57.6 cm³/mol. The predicted octanol–water partition coefficient (Wildman–Crippen LogP) is 3.59. The Kier molecular flexibility index (Phi) is 1.84. The van der Waals surface area contributed by atoms with Gasteiger partial charge < -0.3 is 0 Å². The molecule has 0 heteroatoms. The Morgan fingerprint density at radius 2 is 1.77 bits per heavy atom. The molecule has 0 spiro atoms. The summed E-state index contributed by atoms with van der Waals surface area (Å²) in [5.74, 6) is 0. The van der Waals surface area contributed by atoms with Crippen LogP contribution in [0.2, 0.25) is 0 Å². The van der Waals surface area contributed by atoms with Gasteiger partial charge in [0, 0.05) is 0 Å². The van der Waals surface area contributed by atoms with E-state index < -0.39 is 0 Å². The Hall–Kier alpha value is -1.30. The summed E-state index contributed by atoms with van der Waals surface area (Å²) in [7, 11) is 0. The van der Waals surface area contributed by atoms with Crippen molar-refractivity contribution in [3.05, 3.63) is 53.1 Å². The molecule has 0 saturated heterocycles. The van der Waals surface area contributed by atoms with E-state index in [1.807, 2.05) is 0 Å². The Labute approximate surface area is 79.6 Å². The minimum Gasteiger partial charge on any atom is -0.0952 e. The first kappa shape index (κ1) is 8.31. The van der Waals surface area contributed by atoms with Gasteiger partial charge in [-0.25, -0.2) is 0 Å². The molecule has 0 aromatic heterocycles. The third-order valence-corrected chi connectivity index (χ3v) is 2.92. The Morgan fingerprint density at radius 3 is 2.54 bits per heavy atom. The maximum Gasteiger partial charge on any atom is -0.00229 e. The van der Waals surface area contributed by atoms with Crippen molar-refractivity contribution in [1.82, 2.24) is 0 Å². The summed E-state index contributed by atoms with van der Waals surface area (Å²) in [5, 5.41) is 0. The van der Waals surface area contributed by atoms with Gasteiger partial charge in [0.1, 0.15) is 0 Å². The van der Waals surface area contributed by atoms with Crippen molar-refractivity contribution in [1.29, 1.82) is 0 Å². The van der Waals surface area contributed by atoms with Crippen LogP contribution in [0.4, 0.5) is 0 Å². The molecule has 1 aromatic carbocycles. The van der Waals surface area contributed by atoms with Crippen molar-refractivity contribution in [2.45, 2.75) is 20.3 Å². The van der Waals surface area contributed by atoms with E-state index in [0.717, 1.165) is 6.42 Å². The molecular weight excluding hydrogens is 156 g/mol. The molecule has 66 valence electrons. The highest BCUT2D eigenvalue weighted by Crippen LogP contribution is 2.32. The van der Waals surface area contributed by atoms with Crippen molar-refractivity contribution >= 4 is 5.57 Å². The number of rotatable bonds is 0. The maximum absolute atomic E-state index is 4.09. The molecule has 0 N–H and O–H groups in total. The first-order chi connectivity index (χ1) is 6.20. The summed E-state index contributed by atoms with van der Waals surface area (Å²) in [4.78, 5) is 0. The Balaban J connectivity index is 2.66. The minimum absolute atomic E-state index is 1.01. The second-order valence-corrected chi connectivity index (χ2v) is 3.69. The summed E-state index contributed by atoms with van der Waals surface area (Å²) in [6.45, 7) is 8.43. The first-order valence-corrected chi connectivity index (χ1v) is 4.64. The number of hydrogen-bond acceptors (Lipinski definition) is 0. The molecule has 0 atom stereocenters. The second kappa shape index (κ2) is 2.88. The number of hydrogen-bond donors (Lipinski definition) is 0. The van der Waals surface area contributed by atoms with Gasteiger partial charge in [-0.3, -0.25) is 0 Å². The van der Waals surface area contributed by atoms with Crippen molar-refractivity contribution in [2.75, 3.05) is 0 Å². The summed E-state index contributed by atoms with van der Waals surface area (Å²) in [6, 6.07) is 8.58. The lowest BCUT2D eigenvalue weighted by Gasteiger charge is -2.20. The van der Waals surface area contributed by atoms with Gasteiger partial charge in [0.25, 0.3) is 0 Å². The minimum atomic E-state index is 1.01. The molecule has 0 nitrogen and oxygen atoms in total. The van der Waals surface area contributed by atoms with Gasteiger partial charge in [-0.1, -0.05) is 30.8 Å². The fraction of sp³-hybridized carbons (Fsp3) is 0.231. The van der Waals surface area contributed by atoms with Crippen LogP contribution < -0.4 is 0 Å². The van der Waals surface area contributed by atoms with Crippen LogP contribution in [0, 0.1) is 0 Å². The molecule has 0 radical (unpaired) electrons. The van der Waals surface area contributed by atoms with Gasteiger partial charge in [-0.2, -0.15) is 0 Å². The van der Waals surface area contributed by atoms with Gasteiger partial charge in [-0.05, 0) is 48.1 Å². The third kappa shape index (κ3) is 1.23. The van der Waals surface area contributed by atoms with E-state index in [-0.39, 0.29) is 0 Å². The fourth-order valence-electron chi connectivity index (χ4n) is 1.87. The van der Waals surface area contributed by atoms with Gasteiger partial charge in [0.05, 0.1) is 0 Å². The van der Waals surface area contributed by atoms with E-state index in [2.05, 4.69) is 44.7 Å². The molecule has 2 rings (SSSR count). The van der Waals surface area contributed by atoms with Gasteiger partial charge in [0.2, 0.25) is 0 Å². The third-order valence-electron chi connectivity index (χ3n) is 2.92. The van der Waals surface area contributed by atoms with Crippen molar-refractivity contribution in [3.63, 3.8) is 0 Å². The molecule has 0 fully saturated rings. The molecule has 13 heavy (non-hydrogen) atoms. The van der Waals surface area contributed by atoms with E-state index in [1.54, 1.807) is 0 Å². The highest BCUT2D eigenvalue weighted by atomic mass is 14.2. The van der Waals surface area contributed by atoms with Crippen molar-refractivity contribution in [3.8, 4) is 0 Å². The van der Waals surface area contributed by atoms with Crippen LogP contribution in [0.15, 0.2) is 42.0 Å². The standard InChI is InChI=1S/C13H14/c1-9-8-12-6-4-5-7-13(12)11(3)10(9)2/h4-7H,1,8H2,2-3H3. The smallest absolute Gasteiger partial charge is 0.00229 e. The molecule has 0 bridgehead atoms. The highest BCUT2D eigenvalue weighted by Gasteiger charge is 2.14. The van der Waals surface area contributed by atoms with Gasteiger partial charge in [-0.15, -0.1) is 0 Å². The lowest BCUT2D eigenvalue weighted by Crippen LogP contribution is -2.03. The average Bonchev–Trinajstić information content (AvgIpc) is 2.15. The molecule has 1 aliphatic rings. The normalized spacial score (nSPS) is 16.0. The number of benzene rings is 1. The van der Waals surface area contributed by atoms with Crippen LogP contribution >= 0.6 is 0 Å². The molecule has 1 aromatic rings. The lowest BCUT2D eigenvalue weighted by molar-refractivity contribution is 1.11. The largest absolute Gasteiger partial charge is 0.0952 e. The summed E-state index contributed by atoms with van der Waals surface area (Å²) < 4.78 is 0. The van der Waals surface area contributed by atoms with Crippen molar-refractivity contribution < 1.29 is 0 Å². The van der Waals surface area contributed by atoms with E-state index in [9.17, 15) is 0 Å². The Morgan fingerprint density at radius 1 is 1.08 bits per heavy atom. The van der Waals surface area contributed by atoms with Crippen LogP contribution in [0.3, 0.4) is 0 Å². The summed E-state index contributed by atoms with van der Waals surface area (Å²) >= 11 is 0. The van der Waals surface area contributed by atoms with Crippen LogP contribution in [-0.2, 0) is 6.42 Å². The van der Waals surface area contributed by atoms with E-state index in [0.29, 0.717) is 0 Å². The molecular formula is C13H14. The van der Waals surface area contributed by atoms with E-state index in [1.165, 1.54) is 27.8 Å². The van der Waals surface area contributed by atoms with E-state index in [4.69, 9.17) is 0 Å². The quantitative estimate of drug-likeness (QED) is 0.558. The van der Waals surface area contributed by atoms with Crippen LogP contribution in [0.5, 0.6) is 0 Å². The molecule has 0 heterocycles. The molecule has 0 unspecified atom stereocenters. The maximum atomic E-state index is 4.09. The fourth-order valence-corrected chi connectivity index (χ4v) is 1.87. The molecule has 0 aliphatic heterocycles. The number of fused-ring (bicyclic) bond motifs is 1.